The standard InChI is InChI=1S/C26H29N5O3.C2H2O4/c1-34-19-3-5-23-21(13-19)20(6-9-27-23)25(32)15-31-10-7-18(8-11-31)28-14-17-2-4-24-22(12-17)26(33)30-16-29-24;3-1(4)2(5)6/h2-6,9,12-13,16,18,25,28,32H,7-8,10-11,14-15H2,1H3,(H,29,30,33);(H,3,4)(H,5,6)/t25-;/m0./s1. The molecule has 40 heavy (non-hydrogen) atoms. The van der Waals surface area contributed by atoms with E-state index < -0.39 is 18.0 Å². The van der Waals surface area contributed by atoms with Gasteiger partial charge in [-0.3, -0.25) is 9.78 Å². The molecule has 0 saturated carbocycles. The van der Waals surface area contributed by atoms with Crippen molar-refractivity contribution in [2.75, 3.05) is 26.7 Å². The number of nitrogens with one attached hydrogen (secondary N) is 2. The molecule has 210 valence electrons. The molecule has 1 saturated heterocycles. The molecule has 4 aromatic rings. The van der Waals surface area contributed by atoms with Gasteiger partial charge in [-0.15, -0.1) is 0 Å². The molecule has 5 N–H and O–H groups in total. The predicted molar refractivity (Wildman–Crippen MR) is 147 cm³/mol. The Bertz CT molecular complexity index is 1540. The number of β-amino-alcohol motifs (C(OH)–C–C–N with tert-alkyl or cyclic N) is 1. The van der Waals surface area contributed by atoms with Gasteiger partial charge in [-0.25, -0.2) is 14.6 Å². The van der Waals surface area contributed by atoms with Crippen LogP contribution in [0, 0.1) is 0 Å². The highest BCUT2D eigenvalue weighted by Gasteiger charge is 2.22. The van der Waals surface area contributed by atoms with Crippen LogP contribution in [0.3, 0.4) is 0 Å². The van der Waals surface area contributed by atoms with Crippen molar-refractivity contribution < 1.29 is 29.6 Å². The number of methoxy groups -OCH3 is 1. The highest BCUT2D eigenvalue weighted by Crippen LogP contribution is 2.27. The second-order valence-electron chi connectivity index (χ2n) is 9.45. The summed E-state index contributed by atoms with van der Waals surface area (Å²) < 4.78 is 5.35. The molecule has 12 heteroatoms. The number of aliphatic hydroxyl groups excluding tert-OH is 1. The van der Waals surface area contributed by atoms with Crippen molar-refractivity contribution in [3.63, 3.8) is 0 Å². The number of fused-ring (bicyclic) bond motifs is 2. The first-order chi connectivity index (χ1) is 19.2. The Hall–Kier alpha value is -4.39. The first-order valence-electron chi connectivity index (χ1n) is 12.7. The van der Waals surface area contributed by atoms with Crippen molar-refractivity contribution in [2.24, 2.45) is 0 Å². The zero-order chi connectivity index (χ0) is 28.6. The lowest BCUT2D eigenvalue weighted by molar-refractivity contribution is -0.159. The maximum atomic E-state index is 12.0. The lowest BCUT2D eigenvalue weighted by Crippen LogP contribution is -2.43. The topological polar surface area (TPSA) is 178 Å². The van der Waals surface area contributed by atoms with E-state index in [4.69, 9.17) is 24.5 Å². The minimum Gasteiger partial charge on any atom is -0.497 e. The normalized spacial score (nSPS) is 14.8. The first kappa shape index (κ1) is 28.6. The highest BCUT2D eigenvalue weighted by molar-refractivity contribution is 6.27. The molecule has 1 atom stereocenters. The zero-order valence-corrected chi connectivity index (χ0v) is 21.9. The van der Waals surface area contributed by atoms with Crippen molar-refractivity contribution in [2.45, 2.75) is 31.5 Å². The Morgan fingerprint density at radius 1 is 1.05 bits per heavy atom. The van der Waals surface area contributed by atoms with Crippen LogP contribution in [0.5, 0.6) is 5.75 Å². The van der Waals surface area contributed by atoms with Gasteiger partial charge in [-0.2, -0.15) is 0 Å². The van der Waals surface area contributed by atoms with Crippen LogP contribution in [-0.2, 0) is 16.1 Å². The van der Waals surface area contributed by atoms with E-state index in [1.165, 1.54) is 6.33 Å². The van der Waals surface area contributed by atoms with Gasteiger partial charge in [-0.1, -0.05) is 6.07 Å². The Morgan fingerprint density at radius 3 is 2.45 bits per heavy atom. The van der Waals surface area contributed by atoms with Crippen LogP contribution in [0.4, 0.5) is 0 Å². The third kappa shape index (κ3) is 7.17. The quantitative estimate of drug-likeness (QED) is 0.213. The van der Waals surface area contributed by atoms with Crippen molar-refractivity contribution >= 4 is 33.7 Å². The molecule has 12 nitrogen and oxygen atoms in total. The number of aromatic amines is 1. The number of piperidine rings is 1. The fourth-order valence-electron chi connectivity index (χ4n) is 4.71. The molecule has 3 heterocycles. The molecular formula is C28H31N5O7. The number of benzene rings is 2. The number of hydrogen-bond acceptors (Lipinski definition) is 9. The molecule has 0 radical (unpaired) electrons. The maximum absolute atomic E-state index is 12.0. The van der Waals surface area contributed by atoms with Crippen LogP contribution in [0.25, 0.3) is 21.8 Å². The van der Waals surface area contributed by atoms with Crippen LogP contribution in [0.15, 0.2) is 59.8 Å². The molecule has 0 bridgehead atoms. The van der Waals surface area contributed by atoms with Crippen LogP contribution in [0.2, 0.25) is 0 Å². The Kier molecular flexibility index (Phi) is 9.38. The fraction of sp³-hybridized carbons (Fsp3) is 0.321. The van der Waals surface area contributed by atoms with E-state index in [9.17, 15) is 9.90 Å². The number of aliphatic carboxylic acids is 2. The summed E-state index contributed by atoms with van der Waals surface area (Å²) in [6.07, 6.45) is 4.61. The number of pyridine rings is 1. The highest BCUT2D eigenvalue weighted by atomic mass is 16.5. The minimum absolute atomic E-state index is 0.112. The van der Waals surface area contributed by atoms with Gasteiger partial charge in [0.2, 0.25) is 0 Å². The Balaban J connectivity index is 0.000000557. The number of carboxylic acid groups (broad SMARTS) is 2. The summed E-state index contributed by atoms with van der Waals surface area (Å²) in [7, 11) is 1.64. The summed E-state index contributed by atoms with van der Waals surface area (Å²) in [5, 5.41) is 30.9. The average Bonchev–Trinajstić information content (AvgIpc) is 2.96. The van der Waals surface area contributed by atoms with Gasteiger partial charge in [0.05, 0.1) is 36.0 Å². The zero-order valence-electron chi connectivity index (χ0n) is 21.9. The van der Waals surface area contributed by atoms with Crippen molar-refractivity contribution in [1.29, 1.82) is 0 Å². The third-order valence-corrected chi connectivity index (χ3v) is 6.84. The van der Waals surface area contributed by atoms with E-state index in [0.29, 0.717) is 30.0 Å². The lowest BCUT2D eigenvalue weighted by Gasteiger charge is -2.33. The molecule has 1 aliphatic heterocycles. The van der Waals surface area contributed by atoms with E-state index in [1.807, 2.05) is 42.5 Å². The number of H-pyrrole nitrogens is 1. The van der Waals surface area contributed by atoms with Gasteiger partial charge >= 0.3 is 11.9 Å². The average molecular weight is 550 g/mol. The largest absolute Gasteiger partial charge is 0.497 e. The van der Waals surface area contributed by atoms with Gasteiger partial charge in [0.1, 0.15) is 5.75 Å². The Morgan fingerprint density at radius 2 is 1.75 bits per heavy atom. The summed E-state index contributed by atoms with van der Waals surface area (Å²) in [6, 6.07) is 13.9. The maximum Gasteiger partial charge on any atom is 0.414 e. The summed E-state index contributed by atoms with van der Waals surface area (Å²) in [5.74, 6) is -2.89. The number of rotatable bonds is 7. The summed E-state index contributed by atoms with van der Waals surface area (Å²) in [5.41, 5.74) is 3.40. The molecular weight excluding hydrogens is 518 g/mol. The number of ether oxygens (including phenoxy) is 1. The van der Waals surface area contributed by atoms with Gasteiger partial charge in [-0.05, 0) is 73.5 Å². The SMILES string of the molecule is COc1ccc2nccc([C@@H](O)CN3CCC(NCc4ccc5nc[nH]c(=O)c5c4)CC3)c2c1.O=C(O)C(=O)O. The smallest absolute Gasteiger partial charge is 0.414 e. The predicted octanol–water partition coefficient (Wildman–Crippen LogP) is 1.92. The number of carbonyl (C=O) groups is 2. The fourth-order valence-corrected chi connectivity index (χ4v) is 4.71. The molecule has 0 spiro atoms. The van der Waals surface area contributed by atoms with Crippen LogP contribution >= 0.6 is 0 Å². The van der Waals surface area contributed by atoms with Gasteiger partial charge in [0.25, 0.3) is 5.56 Å². The second-order valence-corrected chi connectivity index (χ2v) is 9.45. The molecule has 0 amide bonds. The molecule has 0 aliphatic carbocycles. The van der Waals surface area contributed by atoms with Crippen LogP contribution < -0.4 is 15.6 Å². The lowest BCUT2D eigenvalue weighted by atomic mass is 10.0. The number of aromatic nitrogens is 3. The van der Waals surface area contributed by atoms with E-state index in [2.05, 4.69) is 25.2 Å². The Labute approximate surface area is 229 Å². The molecule has 2 aromatic carbocycles. The van der Waals surface area contributed by atoms with Crippen LogP contribution in [-0.4, -0.2) is 79.9 Å². The summed E-state index contributed by atoms with van der Waals surface area (Å²) in [4.78, 5) is 43.8. The van der Waals surface area contributed by atoms with E-state index in [0.717, 1.165) is 53.7 Å². The monoisotopic (exact) mass is 549 g/mol. The number of likely N-dealkylation sites (tertiary alicyclic amines) is 1. The van der Waals surface area contributed by atoms with E-state index in [1.54, 1.807) is 13.3 Å². The molecule has 5 rings (SSSR count). The van der Waals surface area contributed by atoms with Gasteiger partial charge in [0.15, 0.2) is 0 Å². The van der Waals surface area contributed by atoms with Crippen molar-refractivity contribution in [1.82, 2.24) is 25.2 Å². The van der Waals surface area contributed by atoms with Crippen molar-refractivity contribution in [3.05, 3.63) is 76.5 Å². The summed E-state index contributed by atoms with van der Waals surface area (Å²) in [6.45, 7) is 3.14. The third-order valence-electron chi connectivity index (χ3n) is 6.84. The molecule has 1 fully saturated rings. The van der Waals surface area contributed by atoms with E-state index >= 15 is 0 Å². The van der Waals surface area contributed by atoms with Crippen LogP contribution in [0.1, 0.15) is 30.1 Å². The first-order valence-corrected chi connectivity index (χ1v) is 12.7. The number of aliphatic hydroxyl groups is 1. The van der Waals surface area contributed by atoms with E-state index in [-0.39, 0.29) is 5.56 Å². The summed E-state index contributed by atoms with van der Waals surface area (Å²) >= 11 is 0. The van der Waals surface area contributed by atoms with Crippen molar-refractivity contribution in [3.8, 4) is 5.75 Å². The van der Waals surface area contributed by atoms with Gasteiger partial charge in [0, 0.05) is 30.7 Å². The number of carboxylic acids is 2. The minimum atomic E-state index is -1.82. The molecule has 0 unspecified atom stereocenters. The second kappa shape index (κ2) is 13.1. The number of nitrogens with zero attached hydrogens (tertiary/aromatic N) is 3. The molecule has 2 aromatic heterocycles. The van der Waals surface area contributed by atoms with Gasteiger partial charge < -0.3 is 35.3 Å². The number of hydrogen-bond donors (Lipinski definition) is 5. The molecule has 1 aliphatic rings.